The van der Waals surface area contributed by atoms with Gasteiger partial charge in [0.1, 0.15) is 5.75 Å². The molecule has 2 aromatic carbocycles. The van der Waals surface area contributed by atoms with E-state index in [-0.39, 0.29) is 18.0 Å². The van der Waals surface area contributed by atoms with Crippen molar-refractivity contribution in [1.82, 2.24) is 4.98 Å². The Bertz CT molecular complexity index is 826. The molecule has 108 valence electrons. The van der Waals surface area contributed by atoms with Crippen LogP contribution in [0.25, 0.3) is 22.0 Å². The van der Waals surface area contributed by atoms with Crippen molar-refractivity contribution in [3.05, 3.63) is 58.9 Å². The Morgan fingerprint density at radius 1 is 1.05 bits per heavy atom. The molecule has 3 rings (SSSR count). The average Bonchev–Trinajstić information content (AvgIpc) is 2.48. The molecule has 0 saturated heterocycles. The molecule has 0 bridgehead atoms. The molecule has 5 heteroatoms. The number of benzene rings is 2. The highest BCUT2D eigenvalue weighted by Crippen LogP contribution is 2.25. The second-order valence-electron chi connectivity index (χ2n) is 4.55. The van der Waals surface area contributed by atoms with E-state index in [9.17, 15) is 4.79 Å². The second-order valence-corrected chi connectivity index (χ2v) is 4.55. The van der Waals surface area contributed by atoms with Gasteiger partial charge in [-0.1, -0.05) is 6.07 Å². The van der Waals surface area contributed by atoms with E-state index in [4.69, 9.17) is 10.5 Å². The Balaban J connectivity index is 0.00000161. The number of hydrogen-bond acceptors (Lipinski definition) is 3. The standard InChI is InChI=1S/C16H14N2O2.ClH/c1-20-11-7-5-10(6-8-11)15-9-13-12(16(19)18-15)3-2-4-14(13)17;/h2-9H,17H2,1H3,(H,18,19);1H. The third-order valence-corrected chi connectivity index (χ3v) is 3.32. The van der Waals surface area contributed by atoms with Gasteiger partial charge in [0.15, 0.2) is 0 Å². The van der Waals surface area contributed by atoms with Gasteiger partial charge in [-0.15, -0.1) is 12.4 Å². The van der Waals surface area contributed by atoms with Gasteiger partial charge in [0.2, 0.25) is 0 Å². The Morgan fingerprint density at radius 2 is 1.76 bits per heavy atom. The fourth-order valence-electron chi connectivity index (χ4n) is 2.24. The van der Waals surface area contributed by atoms with Crippen molar-refractivity contribution >= 4 is 28.9 Å². The number of rotatable bonds is 2. The van der Waals surface area contributed by atoms with Gasteiger partial charge < -0.3 is 15.5 Å². The maximum absolute atomic E-state index is 12.1. The fourth-order valence-corrected chi connectivity index (χ4v) is 2.24. The summed E-state index contributed by atoms with van der Waals surface area (Å²) >= 11 is 0. The zero-order valence-electron chi connectivity index (χ0n) is 11.4. The number of nitrogens with one attached hydrogen (secondary N) is 1. The Morgan fingerprint density at radius 3 is 2.43 bits per heavy atom. The molecule has 0 aliphatic rings. The van der Waals surface area contributed by atoms with Crippen molar-refractivity contribution in [2.24, 2.45) is 0 Å². The monoisotopic (exact) mass is 302 g/mol. The third-order valence-electron chi connectivity index (χ3n) is 3.32. The summed E-state index contributed by atoms with van der Waals surface area (Å²) in [5, 5.41) is 1.37. The Kier molecular flexibility index (Phi) is 4.19. The van der Waals surface area contributed by atoms with Crippen LogP contribution in [0.15, 0.2) is 53.3 Å². The third kappa shape index (κ3) is 2.71. The molecule has 0 amide bonds. The summed E-state index contributed by atoms with van der Waals surface area (Å²) in [5.41, 5.74) is 8.06. The van der Waals surface area contributed by atoms with Crippen LogP contribution in [0.5, 0.6) is 5.75 Å². The molecule has 3 aromatic rings. The van der Waals surface area contributed by atoms with Gasteiger partial charge in [-0.25, -0.2) is 0 Å². The largest absolute Gasteiger partial charge is 0.497 e. The molecule has 0 radical (unpaired) electrons. The van der Waals surface area contributed by atoms with Crippen LogP contribution in [0.3, 0.4) is 0 Å². The predicted molar refractivity (Wildman–Crippen MR) is 88.2 cm³/mol. The fraction of sp³-hybridized carbons (Fsp3) is 0.0625. The number of halogens is 1. The molecule has 4 nitrogen and oxygen atoms in total. The number of aromatic amines is 1. The van der Waals surface area contributed by atoms with Crippen LogP contribution in [0.1, 0.15) is 0 Å². The number of fused-ring (bicyclic) bond motifs is 1. The van der Waals surface area contributed by atoms with Crippen LogP contribution in [0.2, 0.25) is 0 Å². The van der Waals surface area contributed by atoms with Crippen LogP contribution >= 0.6 is 12.4 Å². The number of H-pyrrole nitrogens is 1. The van der Waals surface area contributed by atoms with Crippen molar-refractivity contribution in [2.45, 2.75) is 0 Å². The first-order chi connectivity index (χ1) is 9.69. The minimum absolute atomic E-state index is 0. The predicted octanol–water partition coefficient (Wildman–Crippen LogP) is 3.21. The smallest absolute Gasteiger partial charge is 0.256 e. The number of nitrogen functional groups attached to an aromatic ring is 1. The van der Waals surface area contributed by atoms with Gasteiger partial charge in [-0.2, -0.15) is 0 Å². The van der Waals surface area contributed by atoms with Crippen molar-refractivity contribution in [2.75, 3.05) is 12.8 Å². The van der Waals surface area contributed by atoms with Gasteiger partial charge >= 0.3 is 0 Å². The Labute approximate surface area is 128 Å². The number of anilines is 1. The van der Waals surface area contributed by atoms with Gasteiger partial charge in [-0.3, -0.25) is 4.79 Å². The maximum Gasteiger partial charge on any atom is 0.256 e. The molecule has 0 unspecified atom stereocenters. The quantitative estimate of drug-likeness (QED) is 0.714. The van der Waals surface area contributed by atoms with Crippen LogP contribution in [-0.4, -0.2) is 12.1 Å². The van der Waals surface area contributed by atoms with Gasteiger partial charge in [0.05, 0.1) is 7.11 Å². The van der Waals surface area contributed by atoms with Crippen molar-refractivity contribution in [3.63, 3.8) is 0 Å². The van der Waals surface area contributed by atoms with E-state index in [2.05, 4.69) is 4.98 Å². The Hall–Kier alpha value is -2.46. The SMILES string of the molecule is COc1ccc(-c2cc3c(N)cccc3c(=O)[nH]2)cc1.Cl. The summed E-state index contributed by atoms with van der Waals surface area (Å²) < 4.78 is 5.13. The van der Waals surface area contributed by atoms with E-state index in [0.29, 0.717) is 11.1 Å². The first-order valence-corrected chi connectivity index (χ1v) is 6.25. The molecule has 1 heterocycles. The van der Waals surface area contributed by atoms with E-state index in [1.807, 2.05) is 30.3 Å². The van der Waals surface area contributed by atoms with Crippen LogP contribution < -0.4 is 16.0 Å². The zero-order valence-corrected chi connectivity index (χ0v) is 12.2. The molecule has 0 aliphatic carbocycles. The average molecular weight is 303 g/mol. The molecular formula is C16H15ClN2O2. The molecule has 21 heavy (non-hydrogen) atoms. The number of aromatic nitrogens is 1. The first kappa shape index (κ1) is 14.9. The summed E-state index contributed by atoms with van der Waals surface area (Å²) in [7, 11) is 1.62. The van der Waals surface area contributed by atoms with E-state index in [0.717, 1.165) is 22.4 Å². The van der Waals surface area contributed by atoms with E-state index >= 15 is 0 Å². The number of methoxy groups -OCH3 is 1. The highest BCUT2D eigenvalue weighted by atomic mass is 35.5. The molecule has 0 spiro atoms. The topological polar surface area (TPSA) is 68.1 Å². The number of pyridine rings is 1. The summed E-state index contributed by atoms with van der Waals surface area (Å²) in [6, 6.07) is 14.7. The number of nitrogens with two attached hydrogens (primary N) is 1. The summed E-state index contributed by atoms with van der Waals surface area (Å²) in [4.78, 5) is 15.0. The normalized spacial score (nSPS) is 10.1. The van der Waals surface area contributed by atoms with E-state index in [1.165, 1.54) is 0 Å². The number of hydrogen-bond donors (Lipinski definition) is 2. The van der Waals surface area contributed by atoms with Gasteiger partial charge in [0, 0.05) is 22.2 Å². The van der Waals surface area contributed by atoms with Gasteiger partial charge in [-0.05, 0) is 48.0 Å². The molecule has 0 atom stereocenters. The van der Waals surface area contributed by atoms with Crippen LogP contribution in [0, 0.1) is 0 Å². The van der Waals surface area contributed by atoms with E-state index in [1.54, 1.807) is 25.3 Å². The highest BCUT2D eigenvalue weighted by Gasteiger charge is 2.06. The first-order valence-electron chi connectivity index (χ1n) is 6.25. The molecule has 0 fully saturated rings. The second kappa shape index (κ2) is 5.89. The lowest BCUT2D eigenvalue weighted by Crippen LogP contribution is -2.08. The molecule has 0 aliphatic heterocycles. The lowest BCUT2D eigenvalue weighted by molar-refractivity contribution is 0.415. The van der Waals surface area contributed by atoms with Crippen molar-refractivity contribution in [1.29, 1.82) is 0 Å². The number of ether oxygens (including phenoxy) is 1. The highest BCUT2D eigenvalue weighted by molar-refractivity contribution is 5.94. The minimum Gasteiger partial charge on any atom is -0.497 e. The van der Waals surface area contributed by atoms with Gasteiger partial charge in [0.25, 0.3) is 5.56 Å². The maximum atomic E-state index is 12.1. The summed E-state index contributed by atoms with van der Waals surface area (Å²) in [6.07, 6.45) is 0. The van der Waals surface area contributed by atoms with E-state index < -0.39 is 0 Å². The molecule has 3 N–H and O–H groups in total. The van der Waals surface area contributed by atoms with Crippen LogP contribution in [0.4, 0.5) is 5.69 Å². The molecule has 1 aromatic heterocycles. The van der Waals surface area contributed by atoms with Crippen molar-refractivity contribution in [3.8, 4) is 17.0 Å². The zero-order chi connectivity index (χ0) is 14.1. The summed E-state index contributed by atoms with van der Waals surface area (Å²) in [5.74, 6) is 0.774. The summed E-state index contributed by atoms with van der Waals surface area (Å²) in [6.45, 7) is 0. The lowest BCUT2D eigenvalue weighted by Gasteiger charge is -2.07. The van der Waals surface area contributed by atoms with Crippen LogP contribution in [-0.2, 0) is 0 Å². The van der Waals surface area contributed by atoms with Crippen molar-refractivity contribution < 1.29 is 4.74 Å². The molecular weight excluding hydrogens is 288 g/mol. The lowest BCUT2D eigenvalue weighted by atomic mass is 10.1. The molecule has 0 saturated carbocycles. The minimum atomic E-state index is -0.138.